The maximum absolute atomic E-state index is 11.1. The first kappa shape index (κ1) is 24.6. The number of aromatic nitrogens is 2. The van der Waals surface area contributed by atoms with Crippen LogP contribution in [0.3, 0.4) is 0 Å². The molecule has 0 spiro atoms. The number of benzene rings is 3. The Morgan fingerprint density at radius 1 is 1.03 bits per heavy atom. The number of rotatable bonds is 8. The fraction of sp³-hybridized carbons (Fsp3) is 0.185. The Bertz CT molecular complexity index is 1350. The lowest BCUT2D eigenvalue weighted by atomic mass is 10.1. The molecule has 35 heavy (non-hydrogen) atoms. The smallest absolute Gasteiger partial charge is 0.335 e. The van der Waals surface area contributed by atoms with Crippen LogP contribution in [0.1, 0.15) is 32.7 Å². The van der Waals surface area contributed by atoms with Gasteiger partial charge < -0.3 is 14.7 Å². The van der Waals surface area contributed by atoms with Gasteiger partial charge in [-0.3, -0.25) is 0 Å². The minimum atomic E-state index is -0.926. The molecule has 3 aromatic carbocycles. The summed E-state index contributed by atoms with van der Waals surface area (Å²) < 4.78 is 7.85. The van der Waals surface area contributed by atoms with Gasteiger partial charge in [0.2, 0.25) is 0 Å². The second-order valence-corrected chi connectivity index (χ2v) is 9.17. The zero-order valence-corrected chi connectivity index (χ0v) is 21.1. The lowest BCUT2D eigenvalue weighted by Crippen LogP contribution is -2.17. The Labute approximate surface area is 214 Å². The molecule has 0 unspecified atom stereocenters. The van der Waals surface area contributed by atoms with Crippen LogP contribution in [0.15, 0.2) is 66.9 Å². The van der Waals surface area contributed by atoms with Crippen LogP contribution in [0.2, 0.25) is 10.0 Å². The predicted octanol–water partition coefficient (Wildman–Crippen LogP) is 6.71. The van der Waals surface area contributed by atoms with Gasteiger partial charge in [0.05, 0.1) is 27.5 Å². The zero-order valence-electron chi connectivity index (χ0n) is 19.6. The van der Waals surface area contributed by atoms with Crippen LogP contribution >= 0.6 is 23.2 Å². The molecule has 0 atom stereocenters. The zero-order chi connectivity index (χ0) is 25.1. The number of hydrogen-bond donors (Lipinski definition) is 1. The highest BCUT2D eigenvalue weighted by atomic mass is 35.5. The van der Waals surface area contributed by atoms with Crippen LogP contribution in [0.5, 0.6) is 5.75 Å². The van der Waals surface area contributed by atoms with Gasteiger partial charge in [-0.05, 0) is 73.0 Å². The van der Waals surface area contributed by atoms with Crippen molar-refractivity contribution in [2.45, 2.75) is 27.0 Å². The number of nitrogens with zero attached hydrogens (tertiary/aromatic N) is 3. The van der Waals surface area contributed by atoms with E-state index in [0.717, 1.165) is 33.8 Å². The van der Waals surface area contributed by atoms with Crippen molar-refractivity contribution in [1.29, 1.82) is 0 Å². The third kappa shape index (κ3) is 5.45. The SMILES string of the molecule is Cc1cc(OCc2c(C)cnn2-c2c(Cl)cccc2Cl)ccc1N(C)Cc1ccc(C(=O)O)cc1. The van der Waals surface area contributed by atoms with E-state index < -0.39 is 5.97 Å². The summed E-state index contributed by atoms with van der Waals surface area (Å²) in [5.74, 6) is -0.188. The molecule has 6 nitrogen and oxygen atoms in total. The molecule has 0 saturated carbocycles. The molecule has 1 aromatic heterocycles. The first-order valence-corrected chi connectivity index (χ1v) is 11.7. The number of carboxylic acids is 1. The van der Waals surface area contributed by atoms with E-state index in [2.05, 4.69) is 10.00 Å². The van der Waals surface area contributed by atoms with Crippen molar-refractivity contribution < 1.29 is 14.6 Å². The van der Waals surface area contributed by atoms with Gasteiger partial charge in [0.15, 0.2) is 0 Å². The number of ether oxygens (including phenoxy) is 1. The molecular weight excluding hydrogens is 485 g/mol. The highest BCUT2D eigenvalue weighted by molar-refractivity contribution is 6.37. The van der Waals surface area contributed by atoms with Crippen molar-refractivity contribution in [2.24, 2.45) is 0 Å². The monoisotopic (exact) mass is 509 g/mol. The summed E-state index contributed by atoms with van der Waals surface area (Å²) in [7, 11) is 2.00. The van der Waals surface area contributed by atoms with Crippen molar-refractivity contribution in [1.82, 2.24) is 9.78 Å². The van der Waals surface area contributed by atoms with Gasteiger partial charge in [-0.15, -0.1) is 0 Å². The lowest BCUT2D eigenvalue weighted by Gasteiger charge is -2.22. The van der Waals surface area contributed by atoms with Gasteiger partial charge in [0.25, 0.3) is 0 Å². The summed E-state index contributed by atoms with van der Waals surface area (Å²) >= 11 is 12.8. The summed E-state index contributed by atoms with van der Waals surface area (Å²) in [6, 6.07) is 18.2. The van der Waals surface area contributed by atoms with Gasteiger partial charge in [0, 0.05) is 19.3 Å². The summed E-state index contributed by atoms with van der Waals surface area (Å²) in [5.41, 5.74) is 5.90. The third-order valence-corrected chi connectivity index (χ3v) is 6.41. The highest BCUT2D eigenvalue weighted by Crippen LogP contribution is 2.31. The van der Waals surface area contributed by atoms with Crippen LogP contribution < -0.4 is 9.64 Å². The van der Waals surface area contributed by atoms with E-state index in [-0.39, 0.29) is 5.56 Å². The van der Waals surface area contributed by atoms with Crippen molar-refractivity contribution in [3.05, 3.63) is 105 Å². The second-order valence-electron chi connectivity index (χ2n) is 8.35. The molecule has 0 bridgehead atoms. The van der Waals surface area contributed by atoms with Gasteiger partial charge in [0.1, 0.15) is 18.0 Å². The summed E-state index contributed by atoms with van der Waals surface area (Å²) in [6.07, 6.45) is 1.77. The summed E-state index contributed by atoms with van der Waals surface area (Å²) in [5, 5.41) is 14.6. The van der Waals surface area contributed by atoms with Crippen LogP contribution in [0, 0.1) is 13.8 Å². The van der Waals surface area contributed by atoms with Crippen LogP contribution in [-0.4, -0.2) is 27.9 Å². The number of para-hydroxylation sites is 1. The minimum absolute atomic E-state index is 0.280. The number of carboxylic acid groups (broad SMARTS) is 1. The molecule has 1 heterocycles. The molecule has 180 valence electrons. The quantitative estimate of drug-likeness (QED) is 0.285. The number of aryl methyl sites for hydroxylation is 2. The van der Waals surface area contributed by atoms with Gasteiger partial charge in [-0.1, -0.05) is 41.4 Å². The maximum atomic E-state index is 11.1. The Morgan fingerprint density at radius 3 is 2.34 bits per heavy atom. The normalized spacial score (nSPS) is 10.9. The van der Waals surface area contributed by atoms with Gasteiger partial charge in [-0.25, -0.2) is 9.48 Å². The predicted molar refractivity (Wildman–Crippen MR) is 139 cm³/mol. The van der Waals surface area contributed by atoms with Crippen molar-refractivity contribution in [3.8, 4) is 11.4 Å². The molecular formula is C27H25Cl2N3O3. The average molecular weight is 510 g/mol. The van der Waals surface area contributed by atoms with Crippen molar-refractivity contribution >= 4 is 34.9 Å². The number of anilines is 1. The molecule has 0 fully saturated rings. The maximum Gasteiger partial charge on any atom is 0.335 e. The van der Waals surface area contributed by atoms with Crippen LogP contribution in [0.25, 0.3) is 5.69 Å². The van der Waals surface area contributed by atoms with Crippen molar-refractivity contribution in [3.63, 3.8) is 0 Å². The molecule has 8 heteroatoms. The van der Waals surface area contributed by atoms with E-state index in [9.17, 15) is 4.79 Å². The van der Waals surface area contributed by atoms with Gasteiger partial charge >= 0.3 is 5.97 Å². The van der Waals surface area contributed by atoms with E-state index in [0.29, 0.717) is 28.9 Å². The largest absolute Gasteiger partial charge is 0.487 e. The van der Waals surface area contributed by atoms with Crippen LogP contribution in [0.4, 0.5) is 5.69 Å². The standard InChI is InChI=1S/C27H25Cl2N3O3/c1-17-13-21(11-12-24(17)31(3)15-19-7-9-20(10-8-19)27(33)34)35-16-25-18(2)14-30-32(25)26-22(28)5-4-6-23(26)29/h4-14H,15-16H2,1-3H3,(H,33,34). The van der Waals surface area contributed by atoms with E-state index in [1.807, 2.05) is 51.2 Å². The average Bonchev–Trinajstić information content (AvgIpc) is 3.17. The number of hydrogen-bond acceptors (Lipinski definition) is 4. The summed E-state index contributed by atoms with van der Waals surface area (Å²) in [4.78, 5) is 13.2. The van der Waals surface area contributed by atoms with E-state index >= 15 is 0 Å². The minimum Gasteiger partial charge on any atom is -0.487 e. The number of aromatic carboxylic acids is 1. The van der Waals surface area contributed by atoms with Crippen molar-refractivity contribution in [2.75, 3.05) is 11.9 Å². The van der Waals surface area contributed by atoms with Crippen LogP contribution in [-0.2, 0) is 13.2 Å². The number of halogens is 2. The molecule has 0 amide bonds. The molecule has 1 N–H and O–H groups in total. The number of carbonyl (C=O) groups is 1. The highest BCUT2D eigenvalue weighted by Gasteiger charge is 2.16. The second kappa shape index (κ2) is 10.4. The first-order chi connectivity index (χ1) is 16.7. The molecule has 4 rings (SSSR count). The topological polar surface area (TPSA) is 67.6 Å². The first-order valence-electron chi connectivity index (χ1n) is 11.0. The molecule has 4 aromatic rings. The Balaban J connectivity index is 1.47. The third-order valence-electron chi connectivity index (χ3n) is 5.80. The lowest BCUT2D eigenvalue weighted by molar-refractivity contribution is 0.0697. The fourth-order valence-electron chi connectivity index (χ4n) is 3.92. The Kier molecular flexibility index (Phi) is 7.34. The molecule has 0 aliphatic rings. The fourth-order valence-corrected chi connectivity index (χ4v) is 4.48. The van der Waals surface area contributed by atoms with E-state index in [1.165, 1.54) is 0 Å². The molecule has 0 saturated heterocycles. The Morgan fingerprint density at radius 2 is 1.71 bits per heavy atom. The summed E-state index contributed by atoms with van der Waals surface area (Å²) in [6.45, 7) is 4.96. The van der Waals surface area contributed by atoms with E-state index in [1.54, 1.807) is 41.2 Å². The molecule has 0 aliphatic carbocycles. The molecule has 0 aliphatic heterocycles. The van der Waals surface area contributed by atoms with Gasteiger partial charge in [-0.2, -0.15) is 5.10 Å². The van der Waals surface area contributed by atoms with E-state index in [4.69, 9.17) is 33.0 Å². The molecule has 0 radical (unpaired) electrons. The Hall–Kier alpha value is -3.48.